The van der Waals surface area contributed by atoms with Gasteiger partial charge in [-0.1, -0.05) is 29.5 Å². The normalized spacial score (nSPS) is 18.7. The second kappa shape index (κ2) is 7.32. The van der Waals surface area contributed by atoms with E-state index in [1.807, 2.05) is 45.2 Å². The summed E-state index contributed by atoms with van der Waals surface area (Å²) in [7, 11) is 3.65. The van der Waals surface area contributed by atoms with Crippen molar-refractivity contribution in [2.24, 2.45) is 18.1 Å². The third kappa shape index (κ3) is 4.14. The van der Waals surface area contributed by atoms with Gasteiger partial charge < -0.3 is 0 Å². The monoisotopic (exact) mass is 379 g/mol. The highest BCUT2D eigenvalue weighted by atomic mass is 19.4. The molecule has 2 aromatic rings. The van der Waals surface area contributed by atoms with Crippen LogP contribution in [0.4, 0.5) is 13.2 Å². The van der Waals surface area contributed by atoms with Crippen molar-refractivity contribution in [3.05, 3.63) is 35.5 Å². The molecule has 2 unspecified atom stereocenters. The van der Waals surface area contributed by atoms with Crippen LogP contribution in [0.15, 0.2) is 29.4 Å². The Morgan fingerprint density at radius 3 is 2.44 bits per heavy atom. The van der Waals surface area contributed by atoms with Crippen LogP contribution in [0.1, 0.15) is 36.9 Å². The summed E-state index contributed by atoms with van der Waals surface area (Å²) in [5.74, 6) is -0.342. The first-order valence-electron chi connectivity index (χ1n) is 8.96. The van der Waals surface area contributed by atoms with Crippen LogP contribution in [0.25, 0.3) is 11.3 Å². The summed E-state index contributed by atoms with van der Waals surface area (Å²) >= 11 is 0. The van der Waals surface area contributed by atoms with Gasteiger partial charge in [-0.05, 0) is 31.7 Å². The lowest BCUT2D eigenvalue weighted by Crippen LogP contribution is -2.25. The van der Waals surface area contributed by atoms with Crippen LogP contribution in [0, 0.1) is 12.8 Å². The summed E-state index contributed by atoms with van der Waals surface area (Å²) in [5.41, 5.74) is 4.25. The molecule has 0 bridgehead atoms. The number of rotatable bonds is 5. The predicted molar refractivity (Wildman–Crippen MR) is 98.4 cm³/mol. The van der Waals surface area contributed by atoms with Gasteiger partial charge in [0.15, 0.2) is 0 Å². The molecule has 2 heterocycles. The molecule has 5 nitrogen and oxygen atoms in total. The summed E-state index contributed by atoms with van der Waals surface area (Å²) in [5, 5.41) is 14.4. The van der Waals surface area contributed by atoms with Crippen molar-refractivity contribution in [1.29, 1.82) is 0 Å². The van der Waals surface area contributed by atoms with Gasteiger partial charge in [-0.25, -0.2) is 4.68 Å². The summed E-state index contributed by atoms with van der Waals surface area (Å²) in [4.78, 5) is 0. The van der Waals surface area contributed by atoms with E-state index >= 15 is 0 Å². The average Bonchev–Trinajstić information content (AvgIpc) is 3.09. The topological polar surface area (TPSA) is 46.3 Å². The van der Waals surface area contributed by atoms with E-state index in [1.54, 1.807) is 16.7 Å². The molecule has 0 spiro atoms. The fourth-order valence-electron chi connectivity index (χ4n) is 3.98. The van der Waals surface area contributed by atoms with Gasteiger partial charge in [-0.15, -0.1) is 5.10 Å². The Morgan fingerprint density at radius 2 is 1.89 bits per heavy atom. The zero-order valence-electron chi connectivity index (χ0n) is 16.0. The van der Waals surface area contributed by atoms with Crippen molar-refractivity contribution in [3.8, 4) is 11.3 Å². The molecule has 1 aromatic carbocycles. The molecule has 1 aromatic heterocycles. The summed E-state index contributed by atoms with van der Waals surface area (Å²) < 4.78 is 40.8. The van der Waals surface area contributed by atoms with Crippen LogP contribution in [-0.4, -0.2) is 45.5 Å². The van der Waals surface area contributed by atoms with Crippen molar-refractivity contribution in [3.63, 3.8) is 0 Å². The van der Waals surface area contributed by atoms with E-state index in [4.69, 9.17) is 0 Å². The van der Waals surface area contributed by atoms with Crippen LogP contribution in [0.3, 0.4) is 0 Å². The minimum atomic E-state index is -4.19. The van der Waals surface area contributed by atoms with Crippen molar-refractivity contribution >= 4 is 5.71 Å². The molecule has 1 aliphatic rings. The van der Waals surface area contributed by atoms with E-state index in [9.17, 15) is 13.2 Å². The second-order valence-electron chi connectivity index (χ2n) is 7.18. The zero-order valence-corrected chi connectivity index (χ0v) is 16.0. The van der Waals surface area contributed by atoms with E-state index < -0.39 is 12.6 Å². The van der Waals surface area contributed by atoms with Crippen molar-refractivity contribution in [1.82, 2.24) is 20.0 Å². The molecule has 3 rings (SSSR count). The Bertz CT molecular complexity index is 821. The SMILES string of the molecule is CC1=NN(C)CC1C(CCC(F)(F)F)c1ccccc1-c1c(C)nnn1C. The smallest absolute Gasteiger partial charge is 0.299 e. The molecule has 0 N–H and O–H groups in total. The van der Waals surface area contributed by atoms with E-state index in [0.717, 1.165) is 28.2 Å². The van der Waals surface area contributed by atoms with Gasteiger partial charge in [0, 0.05) is 44.3 Å². The van der Waals surface area contributed by atoms with Gasteiger partial charge in [0.2, 0.25) is 0 Å². The maximum atomic E-state index is 13.0. The largest absolute Gasteiger partial charge is 0.389 e. The first kappa shape index (κ1) is 19.4. The molecule has 8 heteroatoms. The maximum Gasteiger partial charge on any atom is 0.389 e. The number of benzene rings is 1. The molecule has 0 saturated heterocycles. The lowest BCUT2D eigenvalue weighted by Gasteiger charge is -2.27. The Balaban J connectivity index is 2.06. The van der Waals surface area contributed by atoms with Crippen molar-refractivity contribution < 1.29 is 13.2 Å². The fourth-order valence-corrected chi connectivity index (χ4v) is 3.98. The summed E-state index contributed by atoms with van der Waals surface area (Å²) in [6.45, 7) is 4.37. The molecule has 0 aliphatic carbocycles. The van der Waals surface area contributed by atoms with E-state index in [0.29, 0.717) is 6.54 Å². The third-order valence-corrected chi connectivity index (χ3v) is 5.16. The molecular weight excluding hydrogens is 355 g/mol. The van der Waals surface area contributed by atoms with Gasteiger partial charge in [0.25, 0.3) is 0 Å². The standard InChI is InChI=1S/C19H24F3N5/c1-12-17(11-26(3)24-12)15(9-10-19(20,21)22)14-7-5-6-8-16(14)18-13(2)23-25-27(18)4/h5-8,15,17H,9-11H2,1-4H3. The molecule has 0 amide bonds. The Hall–Kier alpha value is -2.38. The molecule has 0 radical (unpaired) electrons. The van der Waals surface area contributed by atoms with Gasteiger partial charge >= 0.3 is 6.18 Å². The Morgan fingerprint density at radius 1 is 1.19 bits per heavy atom. The lowest BCUT2D eigenvalue weighted by atomic mass is 9.78. The van der Waals surface area contributed by atoms with Gasteiger partial charge in [-0.3, -0.25) is 5.01 Å². The first-order chi connectivity index (χ1) is 12.7. The zero-order chi connectivity index (χ0) is 19.8. The van der Waals surface area contributed by atoms with Crippen LogP contribution < -0.4 is 0 Å². The molecule has 146 valence electrons. The molecule has 2 atom stereocenters. The van der Waals surface area contributed by atoms with Crippen LogP contribution in [0.2, 0.25) is 0 Å². The fraction of sp³-hybridized carbons (Fsp3) is 0.526. The highest BCUT2D eigenvalue weighted by molar-refractivity contribution is 5.87. The van der Waals surface area contributed by atoms with Crippen LogP contribution in [-0.2, 0) is 7.05 Å². The maximum absolute atomic E-state index is 13.0. The minimum absolute atomic E-state index is 0.0240. The van der Waals surface area contributed by atoms with Gasteiger partial charge in [0.1, 0.15) is 0 Å². The lowest BCUT2D eigenvalue weighted by molar-refractivity contribution is -0.136. The number of hydrogen-bond acceptors (Lipinski definition) is 4. The number of alkyl halides is 3. The van der Waals surface area contributed by atoms with E-state index in [1.165, 1.54) is 0 Å². The number of aryl methyl sites for hydroxylation is 2. The highest BCUT2D eigenvalue weighted by Crippen LogP contribution is 2.41. The second-order valence-corrected chi connectivity index (χ2v) is 7.18. The van der Waals surface area contributed by atoms with Crippen LogP contribution >= 0.6 is 0 Å². The number of aromatic nitrogens is 3. The van der Waals surface area contributed by atoms with E-state index in [-0.39, 0.29) is 18.3 Å². The van der Waals surface area contributed by atoms with Crippen molar-refractivity contribution in [2.75, 3.05) is 13.6 Å². The predicted octanol–water partition coefficient (Wildman–Crippen LogP) is 4.15. The Kier molecular flexibility index (Phi) is 5.26. The number of hydrazone groups is 1. The minimum Gasteiger partial charge on any atom is -0.299 e. The number of hydrogen-bond donors (Lipinski definition) is 0. The number of halogens is 3. The molecular formula is C19H24F3N5. The summed E-state index contributed by atoms with van der Waals surface area (Å²) in [6, 6.07) is 7.64. The van der Waals surface area contributed by atoms with Gasteiger partial charge in [0.05, 0.1) is 11.4 Å². The molecule has 27 heavy (non-hydrogen) atoms. The molecule has 0 fully saturated rings. The van der Waals surface area contributed by atoms with E-state index in [2.05, 4.69) is 15.4 Å². The Labute approximate surface area is 156 Å². The molecule has 1 aliphatic heterocycles. The van der Waals surface area contributed by atoms with Crippen LogP contribution in [0.5, 0.6) is 0 Å². The van der Waals surface area contributed by atoms with Gasteiger partial charge in [-0.2, -0.15) is 18.3 Å². The first-order valence-corrected chi connectivity index (χ1v) is 8.96. The van der Waals surface area contributed by atoms with Crippen molar-refractivity contribution in [2.45, 2.75) is 38.8 Å². The summed E-state index contributed by atoms with van der Waals surface area (Å²) in [6.07, 6.45) is -4.98. The third-order valence-electron chi connectivity index (χ3n) is 5.16. The molecule has 0 saturated carbocycles. The highest BCUT2D eigenvalue weighted by Gasteiger charge is 2.36. The quantitative estimate of drug-likeness (QED) is 0.784. The average molecular weight is 379 g/mol. The number of nitrogens with zero attached hydrogens (tertiary/aromatic N) is 5.